The molecular weight excluding hydrogens is 254 g/mol. The molecule has 0 fully saturated rings. The molecule has 0 aliphatic heterocycles. The van der Waals surface area contributed by atoms with Crippen molar-refractivity contribution in [1.29, 1.82) is 0 Å². The van der Waals surface area contributed by atoms with Crippen LogP contribution in [-0.4, -0.2) is 20.4 Å². The average molecular weight is 270 g/mol. The fraction of sp³-hybridized carbons (Fsp3) is 0.417. The fourth-order valence-electron chi connectivity index (χ4n) is 1.71. The van der Waals surface area contributed by atoms with Gasteiger partial charge in [0.25, 0.3) is 0 Å². The normalized spacial score (nSPS) is 12.3. The first kappa shape index (κ1) is 12.2. The van der Waals surface area contributed by atoms with Gasteiger partial charge in [0.15, 0.2) is 0 Å². The lowest BCUT2D eigenvalue weighted by atomic mass is 9.99. The summed E-state index contributed by atoms with van der Waals surface area (Å²) in [7, 11) is 4.03. The molecule has 0 saturated carbocycles. The van der Waals surface area contributed by atoms with E-state index in [1.54, 1.807) is 0 Å². The Morgan fingerprint density at radius 1 is 1.27 bits per heavy atom. The summed E-state index contributed by atoms with van der Waals surface area (Å²) in [5, 5.41) is 0. The van der Waals surface area contributed by atoms with Crippen LogP contribution < -0.4 is 4.90 Å². The lowest BCUT2D eigenvalue weighted by Gasteiger charge is -2.18. The maximum Gasteiger partial charge on any atom is 0.138 e. The molecule has 0 bridgehead atoms. The summed E-state index contributed by atoms with van der Waals surface area (Å²) in [6.45, 7) is 4.07. The van der Waals surface area contributed by atoms with Crippen LogP contribution in [0.5, 0.6) is 0 Å². The first-order chi connectivity index (χ1) is 6.97. The third-order valence-corrected chi connectivity index (χ3v) is 3.16. The largest absolute Gasteiger partial charge is 0.378 e. The van der Waals surface area contributed by atoms with Gasteiger partial charge in [0, 0.05) is 19.8 Å². The number of aryl methyl sites for hydroxylation is 2. The molecule has 1 atom stereocenters. The molecule has 0 aliphatic rings. The van der Waals surface area contributed by atoms with Gasteiger partial charge in [-0.05, 0) is 42.7 Å². The van der Waals surface area contributed by atoms with E-state index in [9.17, 15) is 4.79 Å². The second kappa shape index (κ2) is 4.79. The highest BCUT2D eigenvalue weighted by molar-refractivity contribution is 9.09. The van der Waals surface area contributed by atoms with Crippen LogP contribution in [0.25, 0.3) is 0 Å². The Morgan fingerprint density at radius 3 is 2.07 bits per heavy atom. The molecule has 0 amide bonds. The Morgan fingerprint density at radius 2 is 1.73 bits per heavy atom. The number of alkyl halides is 1. The Kier molecular flexibility index (Phi) is 3.91. The number of nitrogens with zero attached hydrogens (tertiary/aromatic N) is 1. The molecule has 0 N–H and O–H groups in total. The van der Waals surface area contributed by atoms with E-state index in [0.29, 0.717) is 0 Å². The monoisotopic (exact) mass is 269 g/mol. The molecule has 82 valence electrons. The lowest BCUT2D eigenvalue weighted by molar-refractivity contribution is -0.107. The first-order valence-electron chi connectivity index (χ1n) is 4.85. The molecule has 2 nitrogen and oxygen atoms in total. The van der Waals surface area contributed by atoms with Crippen molar-refractivity contribution in [2.45, 2.75) is 18.7 Å². The average Bonchev–Trinajstić information content (AvgIpc) is 2.16. The summed E-state index contributed by atoms with van der Waals surface area (Å²) in [6.07, 6.45) is 0.921. The van der Waals surface area contributed by atoms with E-state index in [1.807, 2.05) is 27.9 Å². The number of benzene rings is 1. The summed E-state index contributed by atoms with van der Waals surface area (Å²) < 4.78 is 0. The van der Waals surface area contributed by atoms with Crippen molar-refractivity contribution < 1.29 is 4.79 Å². The minimum atomic E-state index is -0.200. The number of carbonyl (C=O) groups excluding carboxylic acids is 1. The van der Waals surface area contributed by atoms with Crippen LogP contribution in [0.15, 0.2) is 12.1 Å². The van der Waals surface area contributed by atoms with E-state index in [2.05, 4.69) is 33.0 Å². The van der Waals surface area contributed by atoms with Crippen molar-refractivity contribution in [3.8, 4) is 0 Å². The van der Waals surface area contributed by atoms with E-state index in [1.165, 1.54) is 5.69 Å². The second-order valence-electron chi connectivity index (χ2n) is 3.93. The molecule has 3 heteroatoms. The second-order valence-corrected chi connectivity index (χ2v) is 4.91. The Labute approximate surface area is 99.4 Å². The molecule has 15 heavy (non-hydrogen) atoms. The van der Waals surface area contributed by atoms with Gasteiger partial charge in [0.1, 0.15) is 6.29 Å². The van der Waals surface area contributed by atoms with Gasteiger partial charge in [-0.25, -0.2) is 0 Å². The van der Waals surface area contributed by atoms with Crippen molar-refractivity contribution in [2.75, 3.05) is 19.0 Å². The minimum absolute atomic E-state index is 0.200. The number of halogens is 1. The predicted molar refractivity (Wildman–Crippen MR) is 68.0 cm³/mol. The third kappa shape index (κ3) is 2.59. The molecule has 0 aliphatic carbocycles. The van der Waals surface area contributed by atoms with Crippen LogP contribution in [0.3, 0.4) is 0 Å². The van der Waals surface area contributed by atoms with E-state index in [4.69, 9.17) is 0 Å². The van der Waals surface area contributed by atoms with E-state index < -0.39 is 0 Å². The number of anilines is 1. The van der Waals surface area contributed by atoms with Gasteiger partial charge in [-0.15, -0.1) is 0 Å². The van der Waals surface area contributed by atoms with Gasteiger partial charge in [0.05, 0.1) is 4.83 Å². The standard InChI is InChI=1S/C12H16BrNO/c1-8-5-10(14(3)4)6-9(2)12(8)11(13)7-15/h5-7,11H,1-4H3. The van der Waals surface area contributed by atoms with Crippen molar-refractivity contribution in [3.63, 3.8) is 0 Å². The van der Waals surface area contributed by atoms with Gasteiger partial charge >= 0.3 is 0 Å². The number of rotatable bonds is 3. The summed E-state index contributed by atoms with van der Waals surface area (Å²) in [5.74, 6) is 0. The fourth-order valence-corrected chi connectivity index (χ4v) is 2.44. The number of aldehydes is 1. The lowest BCUT2D eigenvalue weighted by Crippen LogP contribution is -2.10. The highest BCUT2D eigenvalue weighted by Crippen LogP contribution is 2.30. The van der Waals surface area contributed by atoms with Crippen molar-refractivity contribution >= 4 is 27.9 Å². The maximum absolute atomic E-state index is 10.8. The zero-order valence-electron chi connectivity index (χ0n) is 9.54. The molecule has 1 rings (SSSR count). The van der Waals surface area contributed by atoms with Crippen molar-refractivity contribution in [1.82, 2.24) is 0 Å². The van der Waals surface area contributed by atoms with Crippen molar-refractivity contribution in [2.24, 2.45) is 0 Å². The molecule has 0 saturated heterocycles. The Balaban J connectivity index is 3.27. The van der Waals surface area contributed by atoms with Crippen LogP contribution in [0.4, 0.5) is 5.69 Å². The van der Waals surface area contributed by atoms with Gasteiger partial charge < -0.3 is 9.69 Å². The smallest absolute Gasteiger partial charge is 0.138 e. The zero-order chi connectivity index (χ0) is 11.6. The molecule has 1 aromatic carbocycles. The Hall–Kier alpha value is -0.830. The Bertz CT molecular complexity index is 351. The molecule has 0 heterocycles. The molecular formula is C12H16BrNO. The molecule has 1 unspecified atom stereocenters. The minimum Gasteiger partial charge on any atom is -0.378 e. The highest BCUT2D eigenvalue weighted by Gasteiger charge is 2.13. The quantitative estimate of drug-likeness (QED) is 0.621. The van der Waals surface area contributed by atoms with E-state index in [-0.39, 0.29) is 4.83 Å². The van der Waals surface area contributed by atoms with Crippen LogP contribution in [-0.2, 0) is 4.79 Å². The van der Waals surface area contributed by atoms with Gasteiger partial charge in [-0.1, -0.05) is 15.9 Å². The molecule has 1 aromatic rings. The number of carbonyl (C=O) groups is 1. The van der Waals surface area contributed by atoms with Crippen LogP contribution in [0.1, 0.15) is 21.5 Å². The summed E-state index contributed by atoms with van der Waals surface area (Å²) in [5.41, 5.74) is 4.54. The van der Waals surface area contributed by atoms with Gasteiger partial charge in [-0.3, -0.25) is 0 Å². The van der Waals surface area contributed by atoms with Crippen LogP contribution in [0.2, 0.25) is 0 Å². The van der Waals surface area contributed by atoms with Crippen LogP contribution in [0, 0.1) is 13.8 Å². The highest BCUT2D eigenvalue weighted by atomic mass is 79.9. The summed E-state index contributed by atoms with van der Waals surface area (Å²) in [6, 6.07) is 4.19. The van der Waals surface area contributed by atoms with Gasteiger partial charge in [-0.2, -0.15) is 0 Å². The molecule has 0 spiro atoms. The first-order valence-corrected chi connectivity index (χ1v) is 5.76. The molecule has 0 radical (unpaired) electrons. The van der Waals surface area contributed by atoms with E-state index in [0.717, 1.165) is 23.0 Å². The van der Waals surface area contributed by atoms with Crippen molar-refractivity contribution in [3.05, 3.63) is 28.8 Å². The van der Waals surface area contributed by atoms with Crippen LogP contribution >= 0.6 is 15.9 Å². The SMILES string of the molecule is Cc1cc(N(C)C)cc(C)c1C(Br)C=O. The summed E-state index contributed by atoms with van der Waals surface area (Å²) >= 11 is 3.37. The zero-order valence-corrected chi connectivity index (χ0v) is 11.1. The van der Waals surface area contributed by atoms with E-state index >= 15 is 0 Å². The number of hydrogen-bond donors (Lipinski definition) is 0. The summed E-state index contributed by atoms with van der Waals surface area (Å²) in [4.78, 5) is 12.6. The van der Waals surface area contributed by atoms with Gasteiger partial charge in [0.2, 0.25) is 0 Å². The predicted octanol–water partition coefficient (Wildman–Crippen LogP) is 3.00. The molecule has 0 aromatic heterocycles. The number of hydrogen-bond acceptors (Lipinski definition) is 2. The maximum atomic E-state index is 10.8. The topological polar surface area (TPSA) is 20.3 Å². The third-order valence-electron chi connectivity index (χ3n) is 2.49.